The van der Waals surface area contributed by atoms with Crippen LogP contribution in [0.5, 0.6) is 0 Å². The second kappa shape index (κ2) is 5.25. The van der Waals surface area contributed by atoms with E-state index in [4.69, 9.17) is 0 Å². The van der Waals surface area contributed by atoms with E-state index in [0.29, 0.717) is 0 Å². The van der Waals surface area contributed by atoms with Crippen LogP contribution in [0.4, 0.5) is 0 Å². The summed E-state index contributed by atoms with van der Waals surface area (Å²) in [4.78, 5) is 12.6. The van der Waals surface area contributed by atoms with E-state index in [-0.39, 0.29) is 11.9 Å². The van der Waals surface area contributed by atoms with Gasteiger partial charge in [0, 0.05) is 37.0 Å². The molecule has 1 unspecified atom stereocenters. The van der Waals surface area contributed by atoms with Gasteiger partial charge in [-0.3, -0.25) is 9.48 Å². The molecule has 114 valence electrons. The Morgan fingerprint density at radius 1 is 1.36 bits per heavy atom. The van der Waals surface area contributed by atoms with Gasteiger partial charge in [0.05, 0.1) is 12.2 Å². The molecule has 0 spiro atoms. The molecule has 5 heteroatoms. The lowest BCUT2D eigenvalue weighted by atomic mass is 9.92. The molecule has 1 aliphatic heterocycles. The van der Waals surface area contributed by atoms with Crippen molar-refractivity contribution in [1.82, 2.24) is 20.4 Å². The van der Waals surface area contributed by atoms with Crippen molar-refractivity contribution < 1.29 is 4.79 Å². The van der Waals surface area contributed by atoms with E-state index in [1.807, 2.05) is 30.1 Å². The molecule has 2 N–H and O–H groups in total. The van der Waals surface area contributed by atoms with Crippen LogP contribution in [-0.2, 0) is 26.6 Å². The highest BCUT2D eigenvalue weighted by atomic mass is 16.1. The van der Waals surface area contributed by atoms with Gasteiger partial charge in [-0.1, -0.05) is 6.07 Å². The lowest BCUT2D eigenvalue weighted by Gasteiger charge is -2.24. The molecule has 2 aliphatic rings. The summed E-state index contributed by atoms with van der Waals surface area (Å²) in [6, 6.07) is 6.07. The SMILES string of the molecule is Cn1ncc2c1CCCC2NC(=O)c1ccc2c(c1)CNC2. The molecule has 0 radical (unpaired) electrons. The van der Waals surface area contributed by atoms with E-state index in [1.165, 1.54) is 22.4 Å². The molecule has 2 aromatic rings. The van der Waals surface area contributed by atoms with Gasteiger partial charge >= 0.3 is 0 Å². The number of fused-ring (bicyclic) bond motifs is 2. The minimum atomic E-state index is 0.0106. The van der Waals surface area contributed by atoms with Crippen molar-refractivity contribution in [3.8, 4) is 0 Å². The van der Waals surface area contributed by atoms with E-state index >= 15 is 0 Å². The number of aromatic nitrogens is 2. The van der Waals surface area contributed by atoms with E-state index in [2.05, 4.69) is 21.8 Å². The van der Waals surface area contributed by atoms with Crippen LogP contribution in [0.25, 0.3) is 0 Å². The van der Waals surface area contributed by atoms with Crippen molar-refractivity contribution >= 4 is 5.91 Å². The van der Waals surface area contributed by atoms with E-state index in [0.717, 1.165) is 37.9 Å². The van der Waals surface area contributed by atoms with Crippen molar-refractivity contribution in [3.63, 3.8) is 0 Å². The molecule has 22 heavy (non-hydrogen) atoms. The van der Waals surface area contributed by atoms with Crippen LogP contribution in [0, 0.1) is 0 Å². The predicted octanol–water partition coefficient (Wildman–Crippen LogP) is 1.83. The molecule has 0 saturated heterocycles. The van der Waals surface area contributed by atoms with Gasteiger partial charge in [0.1, 0.15) is 0 Å². The second-order valence-electron chi connectivity index (χ2n) is 6.18. The highest BCUT2D eigenvalue weighted by Crippen LogP contribution is 2.29. The fourth-order valence-corrected chi connectivity index (χ4v) is 3.53. The third-order valence-corrected chi connectivity index (χ3v) is 4.78. The van der Waals surface area contributed by atoms with Gasteiger partial charge in [-0.15, -0.1) is 0 Å². The molecule has 1 aliphatic carbocycles. The van der Waals surface area contributed by atoms with E-state index in [1.54, 1.807) is 0 Å². The number of hydrogen-bond donors (Lipinski definition) is 2. The molecule has 5 nitrogen and oxygen atoms in total. The van der Waals surface area contributed by atoms with Crippen molar-refractivity contribution in [3.05, 3.63) is 52.3 Å². The molecular formula is C17H20N4O. The number of nitrogens with one attached hydrogen (secondary N) is 2. The Labute approximate surface area is 129 Å². The van der Waals surface area contributed by atoms with Crippen LogP contribution >= 0.6 is 0 Å². The Morgan fingerprint density at radius 2 is 2.23 bits per heavy atom. The van der Waals surface area contributed by atoms with Gasteiger partial charge in [0.25, 0.3) is 5.91 Å². The monoisotopic (exact) mass is 296 g/mol. The lowest BCUT2D eigenvalue weighted by Crippen LogP contribution is -2.31. The molecule has 0 saturated carbocycles. The minimum Gasteiger partial charge on any atom is -0.345 e. The molecule has 1 aromatic heterocycles. The van der Waals surface area contributed by atoms with Crippen LogP contribution in [0.15, 0.2) is 24.4 Å². The Balaban J connectivity index is 1.55. The van der Waals surface area contributed by atoms with E-state index in [9.17, 15) is 4.79 Å². The van der Waals surface area contributed by atoms with Crippen LogP contribution in [0.2, 0.25) is 0 Å². The number of rotatable bonds is 2. The Kier molecular flexibility index (Phi) is 3.22. The summed E-state index contributed by atoms with van der Waals surface area (Å²) in [7, 11) is 1.97. The minimum absolute atomic E-state index is 0.0106. The van der Waals surface area contributed by atoms with Gasteiger partial charge in [-0.25, -0.2) is 0 Å². The molecule has 0 bridgehead atoms. The van der Waals surface area contributed by atoms with Crippen LogP contribution < -0.4 is 10.6 Å². The smallest absolute Gasteiger partial charge is 0.251 e. The van der Waals surface area contributed by atoms with Crippen LogP contribution in [-0.4, -0.2) is 15.7 Å². The van der Waals surface area contributed by atoms with Gasteiger partial charge in [-0.05, 0) is 42.5 Å². The zero-order valence-electron chi connectivity index (χ0n) is 12.7. The number of amides is 1. The summed E-state index contributed by atoms with van der Waals surface area (Å²) in [6.45, 7) is 1.76. The van der Waals surface area contributed by atoms with Crippen molar-refractivity contribution in [2.45, 2.75) is 38.4 Å². The molecule has 2 heterocycles. The first-order valence-corrected chi connectivity index (χ1v) is 7.86. The number of carbonyl (C=O) groups is 1. The average Bonchev–Trinajstić information content (AvgIpc) is 3.14. The maximum atomic E-state index is 12.6. The number of nitrogens with zero attached hydrogens (tertiary/aromatic N) is 2. The van der Waals surface area contributed by atoms with Gasteiger partial charge in [0.2, 0.25) is 0 Å². The maximum Gasteiger partial charge on any atom is 0.251 e. The third kappa shape index (κ3) is 2.22. The first-order chi connectivity index (χ1) is 10.7. The predicted molar refractivity (Wildman–Crippen MR) is 83.3 cm³/mol. The molecular weight excluding hydrogens is 276 g/mol. The normalized spacial score (nSPS) is 19.6. The molecule has 4 rings (SSSR count). The number of carbonyl (C=O) groups excluding carboxylic acids is 1. The lowest BCUT2D eigenvalue weighted by molar-refractivity contribution is 0.0932. The van der Waals surface area contributed by atoms with Crippen molar-refractivity contribution in [1.29, 1.82) is 0 Å². The molecule has 1 amide bonds. The maximum absolute atomic E-state index is 12.6. The first-order valence-electron chi connectivity index (χ1n) is 7.86. The number of aryl methyl sites for hydroxylation is 1. The number of hydrogen-bond acceptors (Lipinski definition) is 3. The topological polar surface area (TPSA) is 59.0 Å². The standard InChI is InChI=1S/C17H20N4O/c1-21-16-4-2-3-15(14(16)10-19-21)20-17(22)11-5-6-12-8-18-9-13(12)7-11/h5-7,10,15,18H,2-4,8-9H2,1H3,(H,20,22). The highest BCUT2D eigenvalue weighted by molar-refractivity contribution is 5.94. The van der Waals surface area contributed by atoms with E-state index < -0.39 is 0 Å². The summed E-state index contributed by atoms with van der Waals surface area (Å²) in [6.07, 6.45) is 5.01. The summed E-state index contributed by atoms with van der Waals surface area (Å²) in [5.74, 6) is 0.0106. The quantitative estimate of drug-likeness (QED) is 0.889. The fraction of sp³-hybridized carbons (Fsp3) is 0.412. The van der Waals surface area contributed by atoms with Gasteiger partial charge in [-0.2, -0.15) is 5.10 Å². The Morgan fingerprint density at radius 3 is 3.14 bits per heavy atom. The third-order valence-electron chi connectivity index (χ3n) is 4.78. The van der Waals surface area contributed by atoms with Crippen molar-refractivity contribution in [2.24, 2.45) is 7.05 Å². The summed E-state index contributed by atoms with van der Waals surface area (Å²) >= 11 is 0. The van der Waals surface area contributed by atoms with Crippen LogP contribution in [0.3, 0.4) is 0 Å². The fourth-order valence-electron chi connectivity index (χ4n) is 3.53. The summed E-state index contributed by atoms with van der Waals surface area (Å²) < 4.78 is 1.93. The molecule has 1 aromatic carbocycles. The Bertz CT molecular complexity index is 734. The largest absolute Gasteiger partial charge is 0.345 e. The second-order valence-corrected chi connectivity index (χ2v) is 6.18. The number of benzene rings is 1. The Hall–Kier alpha value is -2.14. The molecule has 0 fully saturated rings. The zero-order chi connectivity index (χ0) is 15.1. The summed E-state index contributed by atoms with van der Waals surface area (Å²) in [5.41, 5.74) is 5.69. The van der Waals surface area contributed by atoms with Crippen molar-refractivity contribution in [2.75, 3.05) is 0 Å². The highest BCUT2D eigenvalue weighted by Gasteiger charge is 2.25. The molecule has 1 atom stereocenters. The zero-order valence-corrected chi connectivity index (χ0v) is 12.7. The summed E-state index contributed by atoms with van der Waals surface area (Å²) in [5, 5.41) is 10.8. The van der Waals surface area contributed by atoms with Crippen LogP contribution in [0.1, 0.15) is 51.6 Å². The van der Waals surface area contributed by atoms with Gasteiger partial charge < -0.3 is 10.6 Å². The first kappa shape index (κ1) is 13.5. The average molecular weight is 296 g/mol. The van der Waals surface area contributed by atoms with Gasteiger partial charge in [0.15, 0.2) is 0 Å².